The Labute approximate surface area is 157 Å². The standard InChI is InChI=1S/C20H23BrN2O2/c1-15(20(25)22-2)23(14-17-9-6-10-18(21)13-17)19(24)12-11-16-7-4-3-5-8-16/h3-10,13,15H,11-12,14H2,1-2H3,(H,22,25)/t15-/m1/s1. The van der Waals surface area contributed by atoms with Gasteiger partial charge in [0.05, 0.1) is 0 Å². The first-order chi connectivity index (χ1) is 12.0. The van der Waals surface area contributed by atoms with E-state index in [1.54, 1.807) is 18.9 Å². The molecule has 0 bridgehead atoms. The van der Waals surface area contributed by atoms with E-state index in [1.165, 1.54) is 0 Å². The van der Waals surface area contributed by atoms with Crippen LogP contribution in [0, 0.1) is 0 Å². The van der Waals surface area contributed by atoms with Crippen LogP contribution in [0.15, 0.2) is 59.1 Å². The number of nitrogens with zero attached hydrogens (tertiary/aromatic N) is 1. The van der Waals surface area contributed by atoms with Gasteiger partial charge in [-0.25, -0.2) is 0 Å². The molecule has 0 fully saturated rings. The summed E-state index contributed by atoms with van der Waals surface area (Å²) in [5.74, 6) is -0.192. The third kappa shape index (κ3) is 5.71. The maximum absolute atomic E-state index is 12.8. The van der Waals surface area contributed by atoms with Gasteiger partial charge in [-0.15, -0.1) is 0 Å². The lowest BCUT2D eigenvalue weighted by atomic mass is 10.1. The third-order valence-electron chi connectivity index (χ3n) is 4.13. The summed E-state index contributed by atoms with van der Waals surface area (Å²) in [6, 6.07) is 17.2. The summed E-state index contributed by atoms with van der Waals surface area (Å²) in [5.41, 5.74) is 2.10. The van der Waals surface area contributed by atoms with Crippen molar-refractivity contribution in [1.29, 1.82) is 0 Å². The van der Waals surface area contributed by atoms with Crippen LogP contribution in [-0.4, -0.2) is 29.8 Å². The Morgan fingerprint density at radius 3 is 2.40 bits per heavy atom. The number of nitrogens with one attached hydrogen (secondary N) is 1. The summed E-state index contributed by atoms with van der Waals surface area (Å²) < 4.78 is 0.953. The fourth-order valence-electron chi connectivity index (χ4n) is 2.66. The van der Waals surface area contributed by atoms with Gasteiger partial charge in [0.2, 0.25) is 11.8 Å². The van der Waals surface area contributed by atoms with Crippen molar-refractivity contribution >= 4 is 27.7 Å². The highest BCUT2D eigenvalue weighted by Crippen LogP contribution is 2.16. The zero-order chi connectivity index (χ0) is 18.2. The SMILES string of the molecule is CNC(=O)[C@@H](C)N(Cc1cccc(Br)c1)C(=O)CCc1ccccc1. The molecule has 25 heavy (non-hydrogen) atoms. The van der Waals surface area contributed by atoms with E-state index < -0.39 is 6.04 Å². The lowest BCUT2D eigenvalue weighted by Crippen LogP contribution is -2.46. The smallest absolute Gasteiger partial charge is 0.242 e. The molecule has 2 aromatic carbocycles. The van der Waals surface area contributed by atoms with E-state index in [2.05, 4.69) is 21.2 Å². The number of likely N-dealkylation sites (N-methyl/N-ethyl adjacent to an activating group) is 1. The molecule has 0 saturated carbocycles. The van der Waals surface area contributed by atoms with Gasteiger partial charge >= 0.3 is 0 Å². The summed E-state index contributed by atoms with van der Waals surface area (Å²) in [4.78, 5) is 26.5. The first kappa shape index (κ1) is 19.2. The molecule has 0 unspecified atom stereocenters. The van der Waals surface area contributed by atoms with Gasteiger partial charge < -0.3 is 10.2 Å². The Balaban J connectivity index is 2.12. The highest BCUT2D eigenvalue weighted by atomic mass is 79.9. The van der Waals surface area contributed by atoms with E-state index >= 15 is 0 Å². The number of hydrogen-bond acceptors (Lipinski definition) is 2. The molecule has 2 amide bonds. The van der Waals surface area contributed by atoms with Crippen molar-refractivity contribution in [2.75, 3.05) is 7.05 Å². The Morgan fingerprint density at radius 1 is 1.08 bits per heavy atom. The van der Waals surface area contributed by atoms with Gasteiger partial charge in [0.1, 0.15) is 6.04 Å². The Kier molecular flexibility index (Phi) is 7.19. The predicted octanol–water partition coefficient (Wildman–Crippen LogP) is 3.55. The van der Waals surface area contributed by atoms with Crippen LogP contribution in [-0.2, 0) is 22.6 Å². The molecule has 2 aromatic rings. The van der Waals surface area contributed by atoms with E-state index in [1.807, 2.05) is 54.6 Å². The van der Waals surface area contributed by atoms with Gasteiger partial charge in [-0.3, -0.25) is 9.59 Å². The molecule has 0 aromatic heterocycles. The van der Waals surface area contributed by atoms with Crippen molar-refractivity contribution in [3.05, 3.63) is 70.2 Å². The number of carbonyl (C=O) groups is 2. The third-order valence-corrected chi connectivity index (χ3v) is 4.62. The lowest BCUT2D eigenvalue weighted by Gasteiger charge is -2.28. The summed E-state index contributed by atoms with van der Waals surface area (Å²) in [7, 11) is 1.59. The minimum atomic E-state index is -0.521. The van der Waals surface area contributed by atoms with E-state index in [0.29, 0.717) is 19.4 Å². The topological polar surface area (TPSA) is 49.4 Å². The molecule has 132 valence electrons. The van der Waals surface area contributed by atoms with Crippen molar-refractivity contribution in [1.82, 2.24) is 10.2 Å². The van der Waals surface area contributed by atoms with Crippen molar-refractivity contribution in [2.45, 2.75) is 32.4 Å². The predicted molar refractivity (Wildman–Crippen MR) is 103 cm³/mol. The molecule has 4 nitrogen and oxygen atoms in total. The van der Waals surface area contributed by atoms with Crippen LogP contribution in [0.25, 0.3) is 0 Å². The Hall–Kier alpha value is -2.14. The molecular formula is C20H23BrN2O2. The number of halogens is 1. The molecular weight excluding hydrogens is 380 g/mol. The summed E-state index contributed by atoms with van der Waals surface area (Å²) in [6.07, 6.45) is 1.04. The van der Waals surface area contributed by atoms with Crippen LogP contribution >= 0.6 is 15.9 Å². The molecule has 2 rings (SSSR count). The highest BCUT2D eigenvalue weighted by Gasteiger charge is 2.25. The molecule has 5 heteroatoms. The first-order valence-electron chi connectivity index (χ1n) is 8.30. The van der Waals surface area contributed by atoms with Crippen molar-refractivity contribution in [3.8, 4) is 0 Å². The minimum Gasteiger partial charge on any atom is -0.357 e. The quantitative estimate of drug-likeness (QED) is 0.769. The zero-order valence-electron chi connectivity index (χ0n) is 14.5. The fraction of sp³-hybridized carbons (Fsp3) is 0.300. The molecule has 0 spiro atoms. The molecule has 0 heterocycles. The zero-order valence-corrected chi connectivity index (χ0v) is 16.1. The average molecular weight is 403 g/mol. The molecule has 0 aliphatic rings. The number of amides is 2. The van der Waals surface area contributed by atoms with Gasteiger partial charge in [-0.1, -0.05) is 58.4 Å². The van der Waals surface area contributed by atoms with Crippen LogP contribution in [0.3, 0.4) is 0 Å². The number of rotatable bonds is 7. The molecule has 0 aliphatic heterocycles. The summed E-state index contributed by atoms with van der Waals surface area (Å²) in [5, 5.41) is 2.63. The maximum Gasteiger partial charge on any atom is 0.242 e. The van der Waals surface area contributed by atoms with E-state index in [9.17, 15) is 9.59 Å². The normalized spacial score (nSPS) is 11.6. The van der Waals surface area contributed by atoms with Gasteiger partial charge in [-0.2, -0.15) is 0 Å². The highest BCUT2D eigenvalue weighted by molar-refractivity contribution is 9.10. The maximum atomic E-state index is 12.8. The average Bonchev–Trinajstić information content (AvgIpc) is 2.64. The number of hydrogen-bond donors (Lipinski definition) is 1. The molecule has 0 saturated heterocycles. The van der Waals surface area contributed by atoms with Crippen molar-refractivity contribution in [3.63, 3.8) is 0 Å². The Morgan fingerprint density at radius 2 is 1.76 bits per heavy atom. The lowest BCUT2D eigenvalue weighted by molar-refractivity contribution is -0.140. The van der Waals surface area contributed by atoms with Gasteiger partial charge in [-0.05, 0) is 36.6 Å². The van der Waals surface area contributed by atoms with Gasteiger partial charge in [0.15, 0.2) is 0 Å². The second kappa shape index (κ2) is 9.37. The van der Waals surface area contributed by atoms with Crippen LogP contribution < -0.4 is 5.32 Å². The second-order valence-electron chi connectivity index (χ2n) is 5.93. The number of benzene rings is 2. The molecule has 1 atom stereocenters. The minimum absolute atomic E-state index is 0.0278. The van der Waals surface area contributed by atoms with Crippen LogP contribution in [0.4, 0.5) is 0 Å². The van der Waals surface area contributed by atoms with E-state index in [0.717, 1.165) is 15.6 Å². The molecule has 1 N–H and O–H groups in total. The van der Waals surface area contributed by atoms with Crippen LogP contribution in [0.5, 0.6) is 0 Å². The Bertz CT molecular complexity index is 719. The van der Waals surface area contributed by atoms with Crippen molar-refractivity contribution < 1.29 is 9.59 Å². The van der Waals surface area contributed by atoms with E-state index in [4.69, 9.17) is 0 Å². The summed E-state index contributed by atoms with van der Waals surface area (Å²) in [6.45, 7) is 2.17. The monoisotopic (exact) mass is 402 g/mol. The number of aryl methyl sites for hydroxylation is 1. The van der Waals surface area contributed by atoms with Crippen LogP contribution in [0.1, 0.15) is 24.5 Å². The largest absolute Gasteiger partial charge is 0.357 e. The first-order valence-corrected chi connectivity index (χ1v) is 9.10. The number of carbonyl (C=O) groups excluding carboxylic acids is 2. The fourth-order valence-corrected chi connectivity index (χ4v) is 3.11. The van der Waals surface area contributed by atoms with Crippen molar-refractivity contribution in [2.24, 2.45) is 0 Å². The van der Waals surface area contributed by atoms with Gasteiger partial charge in [0, 0.05) is 24.5 Å². The second-order valence-corrected chi connectivity index (χ2v) is 6.84. The molecule has 0 radical (unpaired) electrons. The van der Waals surface area contributed by atoms with E-state index in [-0.39, 0.29) is 11.8 Å². The molecule has 0 aliphatic carbocycles. The summed E-state index contributed by atoms with van der Waals surface area (Å²) >= 11 is 3.45. The van der Waals surface area contributed by atoms with Crippen LogP contribution in [0.2, 0.25) is 0 Å². The van der Waals surface area contributed by atoms with Gasteiger partial charge in [0.25, 0.3) is 0 Å².